The van der Waals surface area contributed by atoms with Crippen LogP contribution < -0.4 is 0 Å². The van der Waals surface area contributed by atoms with Gasteiger partial charge in [-0.1, -0.05) is 27.7 Å². The Balaban J connectivity index is 3.49. The van der Waals surface area contributed by atoms with Crippen LogP contribution in [0.25, 0.3) is 0 Å². The summed E-state index contributed by atoms with van der Waals surface area (Å²) in [6, 6.07) is 0. The summed E-state index contributed by atoms with van der Waals surface area (Å²) in [5.41, 5.74) is 0. The predicted molar refractivity (Wildman–Crippen MR) is 99.4 cm³/mol. The molecule has 8 nitrogen and oxygen atoms in total. The smallest absolute Gasteiger partial charge is 0.434 e. The SMILES string of the molecule is CCN(CC)CCOC(=O)OCCCCOC(=O)OCCN(CC)CC. The molecule has 0 aliphatic carbocycles. The Morgan fingerprint density at radius 3 is 1.19 bits per heavy atom. The van der Waals surface area contributed by atoms with Gasteiger partial charge in [0.1, 0.15) is 13.2 Å². The van der Waals surface area contributed by atoms with Gasteiger partial charge in [-0.05, 0) is 39.0 Å². The van der Waals surface area contributed by atoms with Crippen molar-refractivity contribution in [3.8, 4) is 0 Å². The Morgan fingerprint density at radius 1 is 0.577 bits per heavy atom. The van der Waals surface area contributed by atoms with Crippen LogP contribution in [-0.2, 0) is 18.9 Å². The summed E-state index contributed by atoms with van der Waals surface area (Å²) in [6.07, 6.45) is -0.127. The average Bonchev–Trinajstić information content (AvgIpc) is 2.65. The van der Waals surface area contributed by atoms with Crippen LogP contribution in [0.1, 0.15) is 40.5 Å². The van der Waals surface area contributed by atoms with Crippen molar-refractivity contribution in [3.05, 3.63) is 0 Å². The zero-order chi connectivity index (χ0) is 19.6. The number of hydrogen-bond acceptors (Lipinski definition) is 8. The molecule has 0 unspecified atom stereocenters. The zero-order valence-electron chi connectivity index (χ0n) is 16.8. The van der Waals surface area contributed by atoms with Crippen molar-refractivity contribution in [2.45, 2.75) is 40.5 Å². The average molecular weight is 376 g/mol. The minimum Gasteiger partial charge on any atom is -0.434 e. The van der Waals surface area contributed by atoms with Crippen LogP contribution >= 0.6 is 0 Å². The summed E-state index contributed by atoms with van der Waals surface area (Å²) in [7, 11) is 0. The van der Waals surface area contributed by atoms with Crippen molar-refractivity contribution in [1.82, 2.24) is 9.80 Å². The third-order valence-electron chi connectivity index (χ3n) is 4.02. The van der Waals surface area contributed by atoms with Crippen molar-refractivity contribution < 1.29 is 28.5 Å². The van der Waals surface area contributed by atoms with E-state index in [4.69, 9.17) is 18.9 Å². The molecule has 0 aromatic carbocycles. The molecule has 0 N–H and O–H groups in total. The molecular formula is C18H36N2O6. The summed E-state index contributed by atoms with van der Waals surface area (Å²) in [6.45, 7) is 14.5. The molecule has 0 aliphatic rings. The van der Waals surface area contributed by atoms with E-state index in [0.29, 0.717) is 39.1 Å². The number of likely N-dealkylation sites (N-methyl/N-ethyl adjacent to an activating group) is 2. The van der Waals surface area contributed by atoms with E-state index in [9.17, 15) is 9.59 Å². The van der Waals surface area contributed by atoms with E-state index >= 15 is 0 Å². The first-order valence-electron chi connectivity index (χ1n) is 9.61. The van der Waals surface area contributed by atoms with Crippen molar-refractivity contribution in [2.75, 3.05) is 65.7 Å². The summed E-state index contributed by atoms with van der Waals surface area (Å²) in [4.78, 5) is 27.1. The van der Waals surface area contributed by atoms with E-state index in [1.165, 1.54) is 0 Å². The number of ether oxygens (including phenoxy) is 4. The van der Waals surface area contributed by atoms with Crippen LogP contribution in [0, 0.1) is 0 Å². The lowest BCUT2D eigenvalue weighted by Crippen LogP contribution is -2.28. The zero-order valence-corrected chi connectivity index (χ0v) is 16.8. The molecule has 0 aromatic rings. The number of hydrogen-bond donors (Lipinski definition) is 0. The van der Waals surface area contributed by atoms with E-state index in [-0.39, 0.29) is 13.2 Å². The first-order valence-corrected chi connectivity index (χ1v) is 9.61. The van der Waals surface area contributed by atoms with Gasteiger partial charge in [-0.25, -0.2) is 9.59 Å². The van der Waals surface area contributed by atoms with Crippen LogP contribution in [0.3, 0.4) is 0 Å². The fraction of sp³-hybridized carbons (Fsp3) is 0.889. The lowest BCUT2D eigenvalue weighted by atomic mass is 10.3. The molecule has 0 spiro atoms. The second-order valence-electron chi connectivity index (χ2n) is 5.65. The van der Waals surface area contributed by atoms with Crippen LogP contribution in [0.5, 0.6) is 0 Å². The third-order valence-corrected chi connectivity index (χ3v) is 4.02. The summed E-state index contributed by atoms with van der Waals surface area (Å²) >= 11 is 0. The van der Waals surface area contributed by atoms with E-state index < -0.39 is 12.3 Å². The lowest BCUT2D eigenvalue weighted by molar-refractivity contribution is 0.0382. The van der Waals surface area contributed by atoms with Crippen LogP contribution in [0.2, 0.25) is 0 Å². The fourth-order valence-electron chi connectivity index (χ4n) is 2.19. The van der Waals surface area contributed by atoms with Crippen molar-refractivity contribution in [1.29, 1.82) is 0 Å². The molecule has 0 atom stereocenters. The van der Waals surface area contributed by atoms with Crippen LogP contribution in [-0.4, -0.2) is 87.8 Å². The Hall–Kier alpha value is -1.54. The summed E-state index contributed by atoms with van der Waals surface area (Å²) < 4.78 is 19.9. The number of carbonyl (C=O) groups excluding carboxylic acids is 2. The van der Waals surface area contributed by atoms with Crippen molar-refractivity contribution in [3.63, 3.8) is 0 Å². The minimum atomic E-state index is -0.658. The van der Waals surface area contributed by atoms with E-state index in [1.807, 2.05) is 0 Å². The molecule has 0 bridgehead atoms. The highest BCUT2D eigenvalue weighted by molar-refractivity contribution is 5.60. The van der Waals surface area contributed by atoms with Gasteiger partial charge in [0.2, 0.25) is 0 Å². The normalized spacial score (nSPS) is 10.8. The number of rotatable bonds is 15. The van der Waals surface area contributed by atoms with Gasteiger partial charge in [-0.3, -0.25) is 0 Å². The van der Waals surface area contributed by atoms with Gasteiger partial charge < -0.3 is 28.7 Å². The highest BCUT2D eigenvalue weighted by Crippen LogP contribution is 1.97. The highest BCUT2D eigenvalue weighted by Gasteiger charge is 2.07. The number of nitrogens with zero attached hydrogens (tertiary/aromatic N) is 2. The molecule has 0 aromatic heterocycles. The molecule has 154 valence electrons. The Kier molecular flexibility index (Phi) is 15.9. The largest absolute Gasteiger partial charge is 0.508 e. The molecule has 0 fully saturated rings. The number of unbranched alkanes of at least 4 members (excludes halogenated alkanes) is 1. The topological polar surface area (TPSA) is 77.5 Å². The van der Waals surface area contributed by atoms with Crippen LogP contribution in [0.4, 0.5) is 9.59 Å². The lowest BCUT2D eigenvalue weighted by Gasteiger charge is -2.17. The first kappa shape index (κ1) is 24.5. The van der Waals surface area contributed by atoms with E-state index in [1.54, 1.807) is 0 Å². The Bertz CT molecular complexity index is 326. The van der Waals surface area contributed by atoms with E-state index in [0.717, 1.165) is 26.2 Å². The molecule has 0 heterocycles. The third kappa shape index (κ3) is 13.7. The Labute approximate surface area is 157 Å². The van der Waals surface area contributed by atoms with Gasteiger partial charge in [0, 0.05) is 13.1 Å². The molecule has 8 heteroatoms. The summed E-state index contributed by atoms with van der Waals surface area (Å²) in [5, 5.41) is 0. The van der Waals surface area contributed by atoms with Gasteiger partial charge in [0.15, 0.2) is 0 Å². The second-order valence-corrected chi connectivity index (χ2v) is 5.65. The van der Waals surface area contributed by atoms with E-state index in [2.05, 4.69) is 37.5 Å². The maximum atomic E-state index is 11.4. The highest BCUT2D eigenvalue weighted by atomic mass is 16.7. The van der Waals surface area contributed by atoms with Gasteiger partial charge in [0.25, 0.3) is 0 Å². The fourth-order valence-corrected chi connectivity index (χ4v) is 2.19. The molecule has 0 saturated carbocycles. The molecule has 0 amide bonds. The first-order chi connectivity index (χ1) is 12.6. The Morgan fingerprint density at radius 2 is 0.885 bits per heavy atom. The van der Waals surface area contributed by atoms with Gasteiger partial charge in [-0.15, -0.1) is 0 Å². The standard InChI is InChI=1S/C18H36N2O6/c1-5-19(6-2)11-15-25-17(21)23-13-9-10-14-24-18(22)26-16-12-20(7-3)8-4/h5-16H2,1-4H3. The monoisotopic (exact) mass is 376 g/mol. The molecular weight excluding hydrogens is 340 g/mol. The van der Waals surface area contributed by atoms with Crippen LogP contribution in [0.15, 0.2) is 0 Å². The van der Waals surface area contributed by atoms with Gasteiger partial charge >= 0.3 is 12.3 Å². The summed E-state index contributed by atoms with van der Waals surface area (Å²) in [5.74, 6) is 0. The molecule has 0 saturated heterocycles. The molecule has 26 heavy (non-hydrogen) atoms. The molecule has 0 radical (unpaired) electrons. The second kappa shape index (κ2) is 16.9. The predicted octanol–water partition coefficient (Wildman–Crippen LogP) is 2.76. The minimum absolute atomic E-state index is 0.241. The van der Waals surface area contributed by atoms with Crippen molar-refractivity contribution in [2.24, 2.45) is 0 Å². The quantitative estimate of drug-likeness (QED) is 0.319. The maximum Gasteiger partial charge on any atom is 0.508 e. The van der Waals surface area contributed by atoms with Gasteiger partial charge in [0.05, 0.1) is 13.2 Å². The van der Waals surface area contributed by atoms with Crippen molar-refractivity contribution >= 4 is 12.3 Å². The molecule has 0 rings (SSSR count). The van der Waals surface area contributed by atoms with Gasteiger partial charge in [-0.2, -0.15) is 0 Å². The molecule has 0 aliphatic heterocycles. The maximum absolute atomic E-state index is 11.4. The number of carbonyl (C=O) groups is 2.